The van der Waals surface area contributed by atoms with Gasteiger partial charge in [-0.25, -0.2) is 0 Å². The molecule has 0 aliphatic carbocycles. The number of hydrogen-bond donors (Lipinski definition) is 0. The van der Waals surface area contributed by atoms with E-state index in [0.717, 1.165) is 12.1 Å². The molecule has 2 aromatic rings. The third kappa shape index (κ3) is 4.52. The van der Waals surface area contributed by atoms with Crippen LogP contribution in [0.4, 0.5) is 13.2 Å². The number of likely N-dealkylation sites (tertiary alicyclic amines) is 1. The Morgan fingerprint density at radius 2 is 2.07 bits per heavy atom. The van der Waals surface area contributed by atoms with Gasteiger partial charge in [-0.05, 0) is 51.9 Å². The minimum absolute atomic E-state index is 0.105. The molecule has 0 amide bonds. The molecular weight excluding hydrogens is 375 g/mol. The highest BCUT2D eigenvalue weighted by Gasteiger charge is 2.32. The first-order valence-electron chi connectivity index (χ1n) is 9.21. The zero-order valence-electron chi connectivity index (χ0n) is 15.7. The molecule has 0 N–H and O–H groups in total. The molecule has 1 aliphatic heterocycles. The smallest absolute Gasteiger partial charge is 0.416 e. The van der Waals surface area contributed by atoms with Crippen LogP contribution in [0.1, 0.15) is 44.2 Å². The molecule has 6 nitrogen and oxygen atoms in total. The van der Waals surface area contributed by atoms with E-state index < -0.39 is 11.7 Å². The average Bonchev–Trinajstić information content (AvgIpc) is 3.17. The molecule has 1 saturated heterocycles. The molecule has 0 spiro atoms. The Morgan fingerprint density at radius 1 is 1.36 bits per heavy atom. The molecule has 0 radical (unpaired) electrons. The summed E-state index contributed by atoms with van der Waals surface area (Å²) < 4.78 is 49.0. The molecule has 0 saturated carbocycles. The van der Waals surface area contributed by atoms with Crippen molar-refractivity contribution in [2.24, 2.45) is 5.92 Å². The second kappa shape index (κ2) is 8.30. The number of hydrogen-bond acceptors (Lipinski definition) is 6. The topological polar surface area (TPSA) is 68.5 Å². The van der Waals surface area contributed by atoms with Gasteiger partial charge in [0.05, 0.1) is 24.1 Å². The fraction of sp³-hybridized carbons (Fsp3) is 0.526. The van der Waals surface area contributed by atoms with Crippen molar-refractivity contribution in [1.29, 1.82) is 0 Å². The van der Waals surface area contributed by atoms with Gasteiger partial charge in [0.1, 0.15) is 0 Å². The van der Waals surface area contributed by atoms with E-state index in [2.05, 4.69) is 15.0 Å². The molecule has 1 aromatic heterocycles. The third-order valence-electron chi connectivity index (χ3n) is 4.94. The number of alkyl halides is 3. The number of aromatic nitrogens is 2. The number of piperidine rings is 1. The Morgan fingerprint density at radius 3 is 2.71 bits per heavy atom. The fourth-order valence-electron chi connectivity index (χ4n) is 3.30. The predicted molar refractivity (Wildman–Crippen MR) is 94.1 cm³/mol. The lowest BCUT2D eigenvalue weighted by Crippen LogP contribution is -2.38. The zero-order chi connectivity index (χ0) is 20.3. The second-order valence-electron chi connectivity index (χ2n) is 6.77. The number of halogens is 3. The van der Waals surface area contributed by atoms with Gasteiger partial charge in [0.15, 0.2) is 0 Å². The number of carbonyl (C=O) groups is 1. The first-order chi connectivity index (χ1) is 13.3. The van der Waals surface area contributed by atoms with Crippen molar-refractivity contribution in [2.45, 2.75) is 38.9 Å². The maximum Gasteiger partial charge on any atom is 0.416 e. The van der Waals surface area contributed by atoms with E-state index in [0.29, 0.717) is 38.4 Å². The van der Waals surface area contributed by atoms with E-state index in [1.807, 2.05) is 6.92 Å². The van der Waals surface area contributed by atoms with Crippen LogP contribution in [0.3, 0.4) is 0 Å². The summed E-state index contributed by atoms with van der Waals surface area (Å²) >= 11 is 0. The molecule has 1 atom stereocenters. The summed E-state index contributed by atoms with van der Waals surface area (Å²) in [6.07, 6.45) is -3.07. The molecular formula is C19H22F3N3O3. The van der Waals surface area contributed by atoms with Crippen molar-refractivity contribution in [1.82, 2.24) is 15.0 Å². The van der Waals surface area contributed by atoms with Gasteiger partial charge in [-0.15, -0.1) is 0 Å². The summed E-state index contributed by atoms with van der Waals surface area (Å²) in [7, 11) is 0. The molecule has 9 heteroatoms. The Kier molecular flexibility index (Phi) is 6.02. The fourth-order valence-corrected chi connectivity index (χ4v) is 3.30. The Labute approximate surface area is 160 Å². The second-order valence-corrected chi connectivity index (χ2v) is 6.77. The van der Waals surface area contributed by atoms with Gasteiger partial charge in [0, 0.05) is 5.56 Å². The lowest BCUT2D eigenvalue weighted by Gasteiger charge is -2.33. The minimum Gasteiger partial charge on any atom is -0.466 e. The van der Waals surface area contributed by atoms with Crippen LogP contribution in [0.25, 0.3) is 11.4 Å². The van der Waals surface area contributed by atoms with Crippen LogP contribution in [-0.4, -0.2) is 40.7 Å². The zero-order valence-corrected chi connectivity index (χ0v) is 15.7. The van der Waals surface area contributed by atoms with E-state index in [9.17, 15) is 18.0 Å². The van der Waals surface area contributed by atoms with Crippen LogP contribution >= 0.6 is 0 Å². The van der Waals surface area contributed by atoms with Crippen LogP contribution in [0.5, 0.6) is 0 Å². The average molecular weight is 397 g/mol. The summed E-state index contributed by atoms with van der Waals surface area (Å²) in [4.78, 5) is 18.2. The lowest BCUT2D eigenvalue weighted by atomic mass is 9.96. The monoisotopic (exact) mass is 397 g/mol. The lowest BCUT2D eigenvalue weighted by molar-refractivity contribution is -0.149. The van der Waals surface area contributed by atoms with Gasteiger partial charge in [-0.2, -0.15) is 18.2 Å². The Balaban J connectivity index is 1.67. The van der Waals surface area contributed by atoms with Gasteiger partial charge in [-0.1, -0.05) is 17.3 Å². The van der Waals surface area contributed by atoms with Gasteiger partial charge in [-0.3, -0.25) is 9.69 Å². The quantitative estimate of drug-likeness (QED) is 0.708. The van der Waals surface area contributed by atoms with Crippen molar-refractivity contribution in [3.05, 3.63) is 35.7 Å². The molecule has 1 fully saturated rings. The van der Waals surface area contributed by atoms with Gasteiger partial charge >= 0.3 is 12.1 Å². The number of benzene rings is 1. The molecule has 1 unspecified atom stereocenters. The number of ether oxygens (including phenoxy) is 1. The first kappa shape index (κ1) is 20.3. The first-order valence-corrected chi connectivity index (χ1v) is 9.21. The summed E-state index contributed by atoms with van der Waals surface area (Å²) in [5, 5.41) is 3.84. The van der Waals surface area contributed by atoms with E-state index in [-0.39, 0.29) is 29.3 Å². The normalized spacial score (nSPS) is 17.5. The van der Waals surface area contributed by atoms with E-state index in [1.165, 1.54) is 12.1 Å². The molecule has 28 heavy (non-hydrogen) atoms. The van der Waals surface area contributed by atoms with Gasteiger partial charge < -0.3 is 9.26 Å². The van der Waals surface area contributed by atoms with Crippen LogP contribution in [0.15, 0.2) is 28.8 Å². The predicted octanol–water partition coefficient (Wildman–Crippen LogP) is 4.09. The van der Waals surface area contributed by atoms with Crippen molar-refractivity contribution in [3.8, 4) is 11.4 Å². The number of rotatable bonds is 5. The van der Waals surface area contributed by atoms with Crippen molar-refractivity contribution < 1.29 is 27.2 Å². The van der Waals surface area contributed by atoms with Gasteiger partial charge in [0.25, 0.3) is 0 Å². The number of esters is 1. The van der Waals surface area contributed by atoms with Crippen LogP contribution in [0, 0.1) is 5.92 Å². The maximum atomic E-state index is 12.9. The van der Waals surface area contributed by atoms with E-state index in [1.54, 1.807) is 6.92 Å². The highest BCUT2D eigenvalue weighted by Crippen LogP contribution is 2.32. The minimum atomic E-state index is -4.43. The van der Waals surface area contributed by atoms with Crippen molar-refractivity contribution in [3.63, 3.8) is 0 Å². The van der Waals surface area contributed by atoms with Crippen LogP contribution in [0.2, 0.25) is 0 Å². The van der Waals surface area contributed by atoms with Crippen molar-refractivity contribution in [2.75, 3.05) is 19.7 Å². The third-order valence-corrected chi connectivity index (χ3v) is 4.94. The summed E-state index contributed by atoms with van der Waals surface area (Å²) in [5.74, 6) is 0.183. The SMILES string of the molecule is CCOC(=O)C1CCN(C(C)c2nc(-c3cccc(C(F)(F)F)c3)no2)CC1. The van der Waals surface area contributed by atoms with Crippen molar-refractivity contribution >= 4 is 5.97 Å². The molecule has 1 aromatic carbocycles. The Bertz CT molecular complexity index is 814. The van der Waals surface area contributed by atoms with Gasteiger partial charge in [0.2, 0.25) is 11.7 Å². The number of nitrogens with zero attached hydrogens (tertiary/aromatic N) is 3. The molecule has 2 heterocycles. The molecule has 0 bridgehead atoms. The summed E-state index contributed by atoms with van der Waals surface area (Å²) in [5.41, 5.74) is -0.511. The van der Waals surface area contributed by atoms with E-state index in [4.69, 9.17) is 9.26 Å². The summed E-state index contributed by atoms with van der Waals surface area (Å²) in [6.45, 7) is 5.40. The summed E-state index contributed by atoms with van der Waals surface area (Å²) in [6, 6.07) is 4.64. The molecule has 1 aliphatic rings. The van der Waals surface area contributed by atoms with Crippen LogP contribution in [-0.2, 0) is 15.7 Å². The largest absolute Gasteiger partial charge is 0.466 e. The highest BCUT2D eigenvalue weighted by molar-refractivity contribution is 5.72. The Hall–Kier alpha value is -2.42. The highest BCUT2D eigenvalue weighted by atomic mass is 19.4. The standard InChI is InChI=1S/C19H22F3N3O3/c1-3-27-18(26)13-7-9-25(10-8-13)12(2)17-23-16(24-28-17)14-5-4-6-15(11-14)19(20,21)22/h4-6,11-13H,3,7-10H2,1-2H3. The van der Waals surface area contributed by atoms with E-state index >= 15 is 0 Å². The van der Waals surface area contributed by atoms with Crippen LogP contribution < -0.4 is 0 Å². The maximum absolute atomic E-state index is 12.9. The molecule has 152 valence electrons. The number of carbonyl (C=O) groups excluding carboxylic acids is 1. The molecule has 3 rings (SSSR count).